The number of unbranched alkanes of at least 4 members (excludes halogenated alkanes) is 1. The average molecular weight is 448 g/mol. The van der Waals surface area contributed by atoms with Gasteiger partial charge in [-0.3, -0.25) is 0 Å². The molecular formula is C22H26BrNO2S. The lowest BCUT2D eigenvalue weighted by molar-refractivity contribution is 0.232. The third kappa shape index (κ3) is 6.41. The van der Waals surface area contributed by atoms with E-state index in [0.29, 0.717) is 23.8 Å². The Labute approximate surface area is 174 Å². The number of hydrogen-bond donors (Lipinski definition) is 0. The Balaban J connectivity index is 2.30. The smallest absolute Gasteiger partial charge is 0.128 e. The van der Waals surface area contributed by atoms with Gasteiger partial charge in [-0.05, 0) is 58.6 Å². The highest BCUT2D eigenvalue weighted by molar-refractivity contribution is 9.10. The van der Waals surface area contributed by atoms with Crippen LogP contribution in [0.15, 0.2) is 34.1 Å². The van der Waals surface area contributed by atoms with Crippen LogP contribution in [0.5, 0.6) is 11.5 Å². The molecule has 0 saturated carbocycles. The number of halogens is 1. The van der Waals surface area contributed by atoms with Crippen LogP contribution < -0.4 is 9.47 Å². The van der Waals surface area contributed by atoms with E-state index in [1.54, 1.807) is 18.4 Å². The Hall–Kier alpha value is -1.77. The van der Waals surface area contributed by atoms with Gasteiger partial charge in [-0.25, -0.2) is 0 Å². The molecule has 0 amide bonds. The molecule has 144 valence electrons. The molecule has 2 aromatic rings. The van der Waals surface area contributed by atoms with E-state index >= 15 is 0 Å². The Morgan fingerprint density at radius 2 is 2.15 bits per heavy atom. The first-order chi connectivity index (χ1) is 13.1. The molecule has 1 unspecified atom stereocenters. The quantitative estimate of drug-likeness (QED) is 0.362. The summed E-state index contributed by atoms with van der Waals surface area (Å²) in [5, 5.41) is 11.8. The third-order valence-electron chi connectivity index (χ3n) is 4.49. The average Bonchev–Trinajstić information content (AvgIpc) is 3.11. The van der Waals surface area contributed by atoms with E-state index in [4.69, 9.17) is 9.47 Å². The lowest BCUT2D eigenvalue weighted by atomic mass is 10.0. The second-order valence-corrected chi connectivity index (χ2v) is 8.29. The van der Waals surface area contributed by atoms with Gasteiger partial charge in [0.05, 0.1) is 25.4 Å². The second kappa shape index (κ2) is 11.2. The van der Waals surface area contributed by atoms with Crippen molar-refractivity contribution in [3.63, 3.8) is 0 Å². The number of nitrogens with zero attached hydrogens (tertiary/aromatic N) is 1. The van der Waals surface area contributed by atoms with E-state index in [0.717, 1.165) is 27.1 Å². The zero-order valence-corrected chi connectivity index (χ0v) is 18.5. The number of allylic oxidation sites excluding steroid dienone is 1. The summed E-state index contributed by atoms with van der Waals surface area (Å²) in [6, 6.07) is 9.97. The minimum absolute atomic E-state index is 0.530. The fraction of sp³-hybridized carbons (Fsp3) is 0.409. The summed E-state index contributed by atoms with van der Waals surface area (Å²) in [5.41, 5.74) is 1.34. The van der Waals surface area contributed by atoms with Gasteiger partial charge in [0.1, 0.15) is 11.5 Å². The van der Waals surface area contributed by atoms with E-state index in [1.165, 1.54) is 19.3 Å². The Morgan fingerprint density at radius 1 is 1.33 bits per heavy atom. The summed E-state index contributed by atoms with van der Waals surface area (Å²) in [7, 11) is 1.63. The Kier molecular flexibility index (Phi) is 8.90. The van der Waals surface area contributed by atoms with Crippen LogP contribution in [-0.4, -0.2) is 13.7 Å². The van der Waals surface area contributed by atoms with Crippen molar-refractivity contribution >= 4 is 38.9 Å². The highest BCUT2D eigenvalue weighted by Crippen LogP contribution is 2.33. The zero-order chi connectivity index (χ0) is 19.6. The normalized spacial score (nSPS) is 12.5. The van der Waals surface area contributed by atoms with E-state index in [9.17, 15) is 5.26 Å². The molecule has 0 fully saturated rings. The summed E-state index contributed by atoms with van der Waals surface area (Å²) >= 11 is 5.05. The molecule has 0 spiro atoms. The molecule has 0 saturated heterocycles. The van der Waals surface area contributed by atoms with Crippen LogP contribution in [0.25, 0.3) is 11.6 Å². The molecule has 2 rings (SSSR count). The van der Waals surface area contributed by atoms with Crippen molar-refractivity contribution in [3.05, 3.63) is 44.6 Å². The number of rotatable bonds is 10. The van der Waals surface area contributed by atoms with Gasteiger partial charge < -0.3 is 9.47 Å². The maximum absolute atomic E-state index is 9.75. The van der Waals surface area contributed by atoms with Crippen LogP contribution in [0.1, 0.15) is 50.0 Å². The fourth-order valence-electron chi connectivity index (χ4n) is 2.79. The van der Waals surface area contributed by atoms with E-state index in [2.05, 4.69) is 35.8 Å². The van der Waals surface area contributed by atoms with Crippen molar-refractivity contribution in [2.24, 2.45) is 5.92 Å². The number of nitriles is 1. The van der Waals surface area contributed by atoms with Crippen LogP contribution in [0, 0.1) is 17.2 Å². The standard InChI is InChI=1S/C22H26BrNO2S/c1-4-6-7-16(5-2)14-26-22-9-8-19(25-3)12-21(22)17(13-24)10-20-11-18(23)15-27-20/h8-12,15-16H,4-7,14H2,1-3H3. The number of ether oxygens (including phenoxy) is 2. The Bertz CT molecular complexity index is 807. The largest absolute Gasteiger partial charge is 0.497 e. The number of benzene rings is 1. The van der Waals surface area contributed by atoms with E-state index < -0.39 is 0 Å². The van der Waals surface area contributed by atoms with Gasteiger partial charge in [0.15, 0.2) is 0 Å². The highest BCUT2D eigenvalue weighted by Gasteiger charge is 2.14. The summed E-state index contributed by atoms with van der Waals surface area (Å²) in [6.07, 6.45) is 6.57. The fourth-order valence-corrected chi connectivity index (χ4v) is 4.17. The zero-order valence-electron chi connectivity index (χ0n) is 16.1. The lowest BCUT2D eigenvalue weighted by Crippen LogP contribution is -2.12. The van der Waals surface area contributed by atoms with Gasteiger partial charge in [-0.15, -0.1) is 11.3 Å². The first-order valence-corrected chi connectivity index (χ1v) is 11.0. The van der Waals surface area contributed by atoms with Crippen LogP contribution in [0.4, 0.5) is 0 Å². The molecular weight excluding hydrogens is 422 g/mol. The summed E-state index contributed by atoms with van der Waals surface area (Å²) in [4.78, 5) is 1.02. The maximum Gasteiger partial charge on any atom is 0.128 e. The van der Waals surface area contributed by atoms with Gasteiger partial charge >= 0.3 is 0 Å². The van der Waals surface area contributed by atoms with Gasteiger partial charge in [-0.2, -0.15) is 5.26 Å². The van der Waals surface area contributed by atoms with Crippen LogP contribution in [0.3, 0.4) is 0 Å². The van der Waals surface area contributed by atoms with Gasteiger partial charge in [0, 0.05) is 20.3 Å². The van der Waals surface area contributed by atoms with Crippen molar-refractivity contribution in [1.29, 1.82) is 5.26 Å². The minimum atomic E-state index is 0.530. The van der Waals surface area contributed by atoms with Crippen LogP contribution in [0.2, 0.25) is 0 Å². The van der Waals surface area contributed by atoms with Gasteiger partial charge in [-0.1, -0.05) is 33.1 Å². The summed E-state index contributed by atoms with van der Waals surface area (Å²) < 4.78 is 12.5. The van der Waals surface area contributed by atoms with E-state index in [1.807, 2.05) is 35.7 Å². The maximum atomic E-state index is 9.75. The third-order valence-corrected chi connectivity index (χ3v) is 6.13. The van der Waals surface area contributed by atoms with Crippen molar-refractivity contribution in [3.8, 4) is 17.6 Å². The number of methoxy groups -OCH3 is 1. The molecule has 27 heavy (non-hydrogen) atoms. The monoisotopic (exact) mass is 447 g/mol. The predicted octanol–water partition coefficient (Wildman–Crippen LogP) is 7.18. The topological polar surface area (TPSA) is 42.2 Å². The molecule has 1 aromatic heterocycles. The molecule has 1 aromatic carbocycles. The van der Waals surface area contributed by atoms with Crippen molar-refractivity contribution < 1.29 is 9.47 Å². The molecule has 0 aliphatic carbocycles. The number of hydrogen-bond acceptors (Lipinski definition) is 4. The minimum Gasteiger partial charge on any atom is -0.497 e. The molecule has 1 atom stereocenters. The summed E-state index contributed by atoms with van der Waals surface area (Å²) in [5.74, 6) is 1.97. The first kappa shape index (κ1) is 21.5. The van der Waals surface area contributed by atoms with Crippen LogP contribution in [-0.2, 0) is 0 Å². The second-order valence-electron chi connectivity index (χ2n) is 6.43. The molecule has 3 nitrogen and oxygen atoms in total. The molecule has 0 N–H and O–H groups in total. The van der Waals surface area contributed by atoms with Gasteiger partial charge in [0.25, 0.3) is 0 Å². The number of thiophene rings is 1. The summed E-state index contributed by atoms with van der Waals surface area (Å²) in [6.45, 7) is 5.08. The molecule has 5 heteroatoms. The molecule has 0 aliphatic rings. The van der Waals surface area contributed by atoms with E-state index in [-0.39, 0.29) is 0 Å². The lowest BCUT2D eigenvalue weighted by Gasteiger charge is -2.18. The first-order valence-electron chi connectivity index (χ1n) is 9.28. The molecule has 1 heterocycles. The predicted molar refractivity (Wildman–Crippen MR) is 117 cm³/mol. The molecule has 0 bridgehead atoms. The highest BCUT2D eigenvalue weighted by atomic mass is 79.9. The van der Waals surface area contributed by atoms with Crippen molar-refractivity contribution in [2.45, 2.75) is 39.5 Å². The SMILES string of the molecule is CCCCC(CC)COc1ccc(OC)cc1C(C#N)=Cc1cc(Br)cs1. The van der Waals surface area contributed by atoms with Gasteiger partial charge in [0.2, 0.25) is 0 Å². The Morgan fingerprint density at radius 3 is 2.74 bits per heavy atom. The molecule has 0 aliphatic heterocycles. The van der Waals surface area contributed by atoms with Crippen molar-refractivity contribution in [1.82, 2.24) is 0 Å². The molecule has 0 radical (unpaired) electrons. The van der Waals surface area contributed by atoms with Crippen molar-refractivity contribution in [2.75, 3.05) is 13.7 Å². The van der Waals surface area contributed by atoms with Crippen LogP contribution >= 0.6 is 27.3 Å².